The van der Waals surface area contributed by atoms with E-state index in [2.05, 4.69) is 25.6 Å². The molecule has 0 aliphatic rings. The lowest BCUT2D eigenvalue weighted by Crippen LogP contribution is -2.21. The van der Waals surface area contributed by atoms with Gasteiger partial charge in [-0.1, -0.05) is 39.7 Å². The van der Waals surface area contributed by atoms with Gasteiger partial charge in [0.1, 0.15) is 15.6 Å². The van der Waals surface area contributed by atoms with Crippen molar-refractivity contribution in [2.75, 3.05) is 4.72 Å². The normalized spacial score (nSPS) is 11.1. The Morgan fingerprint density at radius 1 is 1.38 bits per heavy atom. The number of anilines is 1. The Morgan fingerprint density at radius 3 is 2.76 bits per heavy atom. The summed E-state index contributed by atoms with van der Waals surface area (Å²) in [5.41, 5.74) is 5.77. The molecule has 2 rings (SSSR count). The minimum absolute atomic E-state index is 0.0334. The fourth-order valence-electron chi connectivity index (χ4n) is 1.57. The first-order valence-electron chi connectivity index (χ1n) is 5.54. The Hall–Kier alpha value is -1.22. The van der Waals surface area contributed by atoms with Crippen LogP contribution in [0.2, 0.25) is 5.02 Å². The van der Waals surface area contributed by atoms with Crippen LogP contribution in [-0.2, 0) is 10.0 Å². The molecule has 0 bridgehead atoms. The average Bonchev–Trinajstić information content (AvgIpc) is 2.42. The van der Waals surface area contributed by atoms with Crippen molar-refractivity contribution >= 4 is 60.4 Å². The number of benzene rings is 1. The maximum atomic E-state index is 12.5. The van der Waals surface area contributed by atoms with Crippen molar-refractivity contribution < 1.29 is 8.42 Å². The van der Waals surface area contributed by atoms with E-state index in [0.717, 1.165) is 0 Å². The fraction of sp³-hybridized carbons (Fsp3) is 0. The molecule has 2 aromatic rings. The van der Waals surface area contributed by atoms with Crippen LogP contribution in [0.5, 0.6) is 0 Å². The SMILES string of the molecule is NC(=S)c1ncccc1S(=O)(=O)Nc1cc(Br)ccc1Cl. The summed E-state index contributed by atoms with van der Waals surface area (Å²) >= 11 is 14.0. The minimum Gasteiger partial charge on any atom is -0.388 e. The van der Waals surface area contributed by atoms with Crippen molar-refractivity contribution in [2.45, 2.75) is 4.90 Å². The highest BCUT2D eigenvalue weighted by Crippen LogP contribution is 2.28. The van der Waals surface area contributed by atoms with E-state index in [1.165, 1.54) is 18.3 Å². The van der Waals surface area contributed by atoms with Crippen molar-refractivity contribution in [3.05, 3.63) is 51.7 Å². The maximum Gasteiger partial charge on any atom is 0.264 e. The Balaban J connectivity index is 2.49. The third kappa shape index (κ3) is 3.70. The molecule has 0 unspecified atom stereocenters. The molecule has 21 heavy (non-hydrogen) atoms. The van der Waals surface area contributed by atoms with E-state index >= 15 is 0 Å². The number of pyridine rings is 1. The highest BCUT2D eigenvalue weighted by Gasteiger charge is 2.21. The van der Waals surface area contributed by atoms with Gasteiger partial charge in [-0.05, 0) is 30.3 Å². The van der Waals surface area contributed by atoms with Crippen LogP contribution >= 0.6 is 39.7 Å². The third-order valence-electron chi connectivity index (χ3n) is 2.47. The lowest BCUT2D eigenvalue weighted by molar-refractivity contribution is 0.600. The van der Waals surface area contributed by atoms with Crippen molar-refractivity contribution in [1.82, 2.24) is 4.98 Å². The lowest BCUT2D eigenvalue weighted by Gasteiger charge is -2.12. The lowest BCUT2D eigenvalue weighted by atomic mass is 10.3. The molecule has 5 nitrogen and oxygen atoms in total. The van der Waals surface area contributed by atoms with E-state index in [-0.39, 0.29) is 26.3 Å². The molecule has 1 aromatic carbocycles. The first-order valence-corrected chi connectivity index (χ1v) is 8.60. The van der Waals surface area contributed by atoms with Crippen LogP contribution in [0.3, 0.4) is 0 Å². The zero-order valence-electron chi connectivity index (χ0n) is 10.4. The molecule has 0 aliphatic carbocycles. The standard InChI is InChI=1S/C12H9BrClN3O2S2/c13-7-3-4-8(14)9(6-7)17-21(18,19)10-2-1-5-16-11(10)12(15)20/h1-6,17H,(H2,15,20). The predicted molar refractivity (Wildman–Crippen MR) is 90.1 cm³/mol. The summed E-state index contributed by atoms with van der Waals surface area (Å²) in [7, 11) is -3.91. The number of hydrogen-bond donors (Lipinski definition) is 2. The van der Waals surface area contributed by atoms with Crippen LogP contribution in [0.1, 0.15) is 5.69 Å². The van der Waals surface area contributed by atoms with Gasteiger partial charge in [0, 0.05) is 10.7 Å². The average molecular weight is 407 g/mol. The summed E-state index contributed by atoms with van der Waals surface area (Å²) in [4.78, 5) is 3.69. The van der Waals surface area contributed by atoms with Crippen molar-refractivity contribution in [3.63, 3.8) is 0 Å². The Labute approximate surface area is 140 Å². The van der Waals surface area contributed by atoms with Crippen LogP contribution in [0.4, 0.5) is 5.69 Å². The second-order valence-corrected chi connectivity index (χ2v) is 7.36. The number of thiocarbonyl (C=S) groups is 1. The van der Waals surface area contributed by atoms with Gasteiger partial charge in [-0.25, -0.2) is 8.42 Å². The Kier molecular flexibility index (Phi) is 4.82. The zero-order valence-corrected chi connectivity index (χ0v) is 14.4. The van der Waals surface area contributed by atoms with Crippen molar-refractivity contribution in [1.29, 1.82) is 0 Å². The minimum atomic E-state index is -3.91. The summed E-state index contributed by atoms with van der Waals surface area (Å²) in [5.74, 6) is 0. The Bertz CT molecular complexity index is 812. The first-order chi connectivity index (χ1) is 9.81. The molecule has 1 heterocycles. The molecule has 0 amide bonds. The summed E-state index contributed by atoms with van der Waals surface area (Å²) in [5, 5.41) is 0.266. The van der Waals surface area contributed by atoms with E-state index in [0.29, 0.717) is 4.47 Å². The van der Waals surface area contributed by atoms with Gasteiger partial charge in [0.05, 0.1) is 10.7 Å². The summed E-state index contributed by atoms with van der Waals surface area (Å²) < 4.78 is 28.0. The van der Waals surface area contributed by atoms with Gasteiger partial charge < -0.3 is 5.73 Å². The molecule has 9 heteroatoms. The van der Waals surface area contributed by atoms with Crippen LogP contribution < -0.4 is 10.5 Å². The van der Waals surface area contributed by atoms with Gasteiger partial charge in [0.25, 0.3) is 10.0 Å². The van der Waals surface area contributed by atoms with Gasteiger partial charge in [0.15, 0.2) is 0 Å². The topological polar surface area (TPSA) is 85.1 Å². The predicted octanol–water partition coefficient (Wildman–Crippen LogP) is 2.93. The number of nitrogens with one attached hydrogen (secondary N) is 1. The van der Waals surface area contributed by atoms with E-state index in [1.807, 2.05) is 0 Å². The van der Waals surface area contributed by atoms with E-state index in [4.69, 9.17) is 29.6 Å². The van der Waals surface area contributed by atoms with Crippen LogP contribution in [0, 0.1) is 0 Å². The molecule has 0 radical (unpaired) electrons. The highest BCUT2D eigenvalue weighted by molar-refractivity contribution is 9.10. The van der Waals surface area contributed by atoms with Gasteiger partial charge in [0.2, 0.25) is 0 Å². The second kappa shape index (κ2) is 6.27. The monoisotopic (exact) mass is 405 g/mol. The maximum absolute atomic E-state index is 12.5. The number of hydrogen-bond acceptors (Lipinski definition) is 4. The van der Waals surface area contributed by atoms with Gasteiger partial charge in [-0.3, -0.25) is 9.71 Å². The number of rotatable bonds is 4. The van der Waals surface area contributed by atoms with E-state index < -0.39 is 10.0 Å². The number of aromatic nitrogens is 1. The number of sulfonamides is 1. The van der Waals surface area contributed by atoms with Crippen LogP contribution in [0.15, 0.2) is 45.9 Å². The second-order valence-electron chi connectivity index (χ2n) is 3.94. The van der Waals surface area contributed by atoms with E-state index in [9.17, 15) is 8.42 Å². The summed E-state index contributed by atoms with van der Waals surface area (Å²) in [6.07, 6.45) is 1.42. The quantitative estimate of drug-likeness (QED) is 0.763. The summed E-state index contributed by atoms with van der Waals surface area (Å²) in [6.45, 7) is 0. The molecular weight excluding hydrogens is 398 g/mol. The third-order valence-corrected chi connectivity index (χ3v) is 4.88. The number of halogens is 2. The molecule has 0 saturated heterocycles. The van der Waals surface area contributed by atoms with Gasteiger partial charge >= 0.3 is 0 Å². The van der Waals surface area contributed by atoms with Crippen molar-refractivity contribution in [3.8, 4) is 0 Å². The zero-order chi connectivity index (χ0) is 15.6. The molecule has 0 spiro atoms. The molecule has 0 aliphatic heterocycles. The molecule has 3 N–H and O–H groups in total. The molecule has 1 aromatic heterocycles. The molecule has 110 valence electrons. The largest absolute Gasteiger partial charge is 0.388 e. The fourth-order valence-corrected chi connectivity index (χ4v) is 3.62. The number of nitrogens with two attached hydrogens (primary N) is 1. The smallest absolute Gasteiger partial charge is 0.264 e. The van der Waals surface area contributed by atoms with Crippen LogP contribution in [0.25, 0.3) is 0 Å². The molecule has 0 saturated carbocycles. The molecular formula is C12H9BrClN3O2S2. The van der Waals surface area contributed by atoms with E-state index in [1.54, 1.807) is 18.2 Å². The van der Waals surface area contributed by atoms with Crippen molar-refractivity contribution in [2.24, 2.45) is 5.73 Å². The van der Waals surface area contributed by atoms with Gasteiger partial charge in [-0.15, -0.1) is 0 Å². The molecule has 0 fully saturated rings. The Morgan fingerprint density at radius 2 is 2.10 bits per heavy atom. The van der Waals surface area contributed by atoms with Crippen LogP contribution in [-0.4, -0.2) is 18.4 Å². The first kappa shape index (κ1) is 16.2. The number of nitrogens with zero attached hydrogens (tertiary/aromatic N) is 1. The molecule has 0 atom stereocenters. The summed E-state index contributed by atoms with van der Waals surface area (Å²) in [6, 6.07) is 7.68. The van der Waals surface area contributed by atoms with Gasteiger partial charge in [-0.2, -0.15) is 0 Å². The highest BCUT2D eigenvalue weighted by atomic mass is 79.9.